The first-order valence-corrected chi connectivity index (χ1v) is 8.74. The lowest BCUT2D eigenvalue weighted by Crippen LogP contribution is -2.21. The molecule has 4 nitrogen and oxygen atoms in total. The van der Waals surface area contributed by atoms with E-state index < -0.39 is 0 Å². The predicted octanol–water partition coefficient (Wildman–Crippen LogP) is 2.83. The maximum atomic E-state index is 12.7. The maximum Gasteiger partial charge on any atom is 0.198 e. The highest BCUT2D eigenvalue weighted by molar-refractivity contribution is 7.98. The van der Waals surface area contributed by atoms with E-state index in [1.165, 1.54) is 0 Å². The van der Waals surface area contributed by atoms with Crippen LogP contribution < -0.4 is 4.74 Å². The summed E-state index contributed by atoms with van der Waals surface area (Å²) >= 11 is 1.66. The molecule has 1 unspecified atom stereocenters. The molecule has 5 heteroatoms. The molecule has 1 atom stereocenters. The summed E-state index contributed by atoms with van der Waals surface area (Å²) in [5.74, 6) is 0.657. The number of hydrogen-bond donors (Lipinski definition) is 1. The summed E-state index contributed by atoms with van der Waals surface area (Å²) < 4.78 is 5.82. The van der Waals surface area contributed by atoms with Crippen molar-refractivity contribution in [3.8, 4) is 11.5 Å². The molecule has 1 N–H and O–H groups in total. The van der Waals surface area contributed by atoms with Gasteiger partial charge in [-0.25, -0.2) is 0 Å². The van der Waals surface area contributed by atoms with Gasteiger partial charge in [0.25, 0.3) is 0 Å². The van der Waals surface area contributed by atoms with Gasteiger partial charge in [-0.05, 0) is 12.3 Å². The van der Waals surface area contributed by atoms with E-state index in [0.717, 1.165) is 5.75 Å². The van der Waals surface area contributed by atoms with Gasteiger partial charge >= 0.3 is 0 Å². The quantitative estimate of drug-likeness (QED) is 0.784. The van der Waals surface area contributed by atoms with E-state index in [1.807, 2.05) is 6.26 Å². The third-order valence-electron chi connectivity index (χ3n) is 4.33. The fraction of sp³-hybridized carbons (Fsp3) is 0.222. The van der Waals surface area contributed by atoms with E-state index >= 15 is 0 Å². The number of carbonyl (C=O) groups excluding carboxylic acids is 2. The van der Waals surface area contributed by atoms with Crippen LogP contribution in [0.4, 0.5) is 0 Å². The Bertz CT molecular complexity index is 856. The second kappa shape index (κ2) is 5.13. The summed E-state index contributed by atoms with van der Waals surface area (Å²) in [5.41, 5.74) is 1.70. The maximum absolute atomic E-state index is 12.7. The zero-order chi connectivity index (χ0) is 16.1. The fourth-order valence-corrected chi connectivity index (χ4v) is 3.84. The van der Waals surface area contributed by atoms with Gasteiger partial charge in [0.15, 0.2) is 11.6 Å². The summed E-state index contributed by atoms with van der Waals surface area (Å²) in [5, 5.41) is 10.6. The Morgan fingerprint density at radius 2 is 1.87 bits per heavy atom. The van der Waals surface area contributed by atoms with E-state index in [-0.39, 0.29) is 34.5 Å². The van der Waals surface area contributed by atoms with Crippen LogP contribution in [0.5, 0.6) is 11.5 Å². The normalized spacial score (nSPS) is 18.2. The smallest absolute Gasteiger partial charge is 0.198 e. The Kier molecular flexibility index (Phi) is 3.20. The monoisotopic (exact) mass is 326 g/mol. The van der Waals surface area contributed by atoms with Gasteiger partial charge in [-0.2, -0.15) is 11.8 Å². The Hall–Kier alpha value is -2.27. The van der Waals surface area contributed by atoms with Gasteiger partial charge in [0.05, 0.1) is 5.56 Å². The molecule has 2 aromatic carbocycles. The number of phenols is 1. The van der Waals surface area contributed by atoms with E-state index in [4.69, 9.17) is 4.74 Å². The number of benzene rings is 2. The van der Waals surface area contributed by atoms with Crippen LogP contribution in [0.25, 0.3) is 0 Å². The highest BCUT2D eigenvalue weighted by Gasteiger charge is 2.37. The van der Waals surface area contributed by atoms with Crippen LogP contribution in [0.2, 0.25) is 0 Å². The van der Waals surface area contributed by atoms with Gasteiger partial charge in [0.1, 0.15) is 17.6 Å². The minimum atomic E-state index is -0.302. The van der Waals surface area contributed by atoms with Crippen molar-refractivity contribution in [1.82, 2.24) is 0 Å². The van der Waals surface area contributed by atoms with Crippen molar-refractivity contribution in [2.75, 3.05) is 12.0 Å². The average molecular weight is 326 g/mol. The number of ketones is 2. The van der Waals surface area contributed by atoms with Crippen molar-refractivity contribution in [2.45, 2.75) is 12.5 Å². The van der Waals surface area contributed by atoms with Gasteiger partial charge < -0.3 is 9.84 Å². The van der Waals surface area contributed by atoms with Gasteiger partial charge in [-0.1, -0.05) is 24.3 Å². The largest absolute Gasteiger partial charge is 0.507 e. The molecule has 2 aliphatic rings. The van der Waals surface area contributed by atoms with Crippen molar-refractivity contribution >= 4 is 23.3 Å². The van der Waals surface area contributed by atoms with E-state index in [0.29, 0.717) is 28.9 Å². The Morgan fingerprint density at radius 3 is 2.57 bits per heavy atom. The molecule has 0 saturated carbocycles. The first-order chi connectivity index (χ1) is 11.1. The SMILES string of the molecule is CSCC1Cc2c(cc3c(c2O)C(=O)c2ccccc2C3=O)O1. The van der Waals surface area contributed by atoms with Gasteiger partial charge in [-0.15, -0.1) is 0 Å². The summed E-state index contributed by atoms with van der Waals surface area (Å²) in [6, 6.07) is 8.32. The molecule has 1 heterocycles. The van der Waals surface area contributed by atoms with Crippen molar-refractivity contribution < 1.29 is 19.4 Å². The summed E-state index contributed by atoms with van der Waals surface area (Å²) in [7, 11) is 0. The zero-order valence-electron chi connectivity index (χ0n) is 12.5. The van der Waals surface area contributed by atoms with Crippen molar-refractivity contribution in [2.24, 2.45) is 0 Å². The molecule has 0 saturated heterocycles. The molecule has 0 fully saturated rings. The molecule has 4 rings (SSSR count). The number of ether oxygens (including phenoxy) is 1. The Morgan fingerprint density at radius 1 is 1.17 bits per heavy atom. The van der Waals surface area contributed by atoms with E-state index in [9.17, 15) is 14.7 Å². The van der Waals surface area contributed by atoms with Crippen LogP contribution >= 0.6 is 11.8 Å². The first-order valence-electron chi connectivity index (χ1n) is 7.34. The van der Waals surface area contributed by atoms with Crippen LogP contribution in [-0.2, 0) is 6.42 Å². The number of thioether (sulfide) groups is 1. The van der Waals surface area contributed by atoms with Gasteiger partial charge in [0, 0.05) is 34.4 Å². The number of carbonyl (C=O) groups is 2. The molecule has 0 amide bonds. The summed E-state index contributed by atoms with van der Waals surface area (Å²) in [6.07, 6.45) is 2.50. The number of aromatic hydroxyl groups is 1. The number of fused-ring (bicyclic) bond motifs is 3. The molecule has 0 radical (unpaired) electrons. The van der Waals surface area contributed by atoms with Gasteiger partial charge in [-0.3, -0.25) is 9.59 Å². The van der Waals surface area contributed by atoms with Crippen molar-refractivity contribution in [3.05, 3.63) is 58.1 Å². The Labute approximate surface area is 137 Å². The van der Waals surface area contributed by atoms with Crippen LogP contribution in [0.3, 0.4) is 0 Å². The molecule has 1 aliphatic heterocycles. The molecule has 0 bridgehead atoms. The lowest BCUT2D eigenvalue weighted by molar-refractivity contribution is 0.0976. The predicted molar refractivity (Wildman–Crippen MR) is 87.9 cm³/mol. The molecular formula is C18H14O4S. The average Bonchev–Trinajstić information content (AvgIpc) is 2.96. The second-order valence-corrected chi connectivity index (χ2v) is 6.64. The summed E-state index contributed by atoms with van der Waals surface area (Å²) in [6.45, 7) is 0. The molecule has 0 aromatic heterocycles. The minimum Gasteiger partial charge on any atom is -0.507 e. The standard InChI is InChI=1S/C18H14O4S/c1-23-8-9-6-12-14(22-9)7-13-15(18(12)21)17(20)11-5-3-2-4-10(11)16(13)19/h2-5,7,9,21H,6,8H2,1H3. The van der Waals surface area contributed by atoms with E-state index in [2.05, 4.69) is 0 Å². The highest BCUT2D eigenvalue weighted by atomic mass is 32.2. The summed E-state index contributed by atoms with van der Waals surface area (Å²) in [4.78, 5) is 25.4. The number of phenolic OH excluding ortho intramolecular Hbond substituents is 1. The highest BCUT2D eigenvalue weighted by Crippen LogP contribution is 2.43. The van der Waals surface area contributed by atoms with Crippen LogP contribution in [0.1, 0.15) is 37.4 Å². The topological polar surface area (TPSA) is 63.6 Å². The molecule has 1 aliphatic carbocycles. The van der Waals surface area contributed by atoms with Crippen molar-refractivity contribution in [3.63, 3.8) is 0 Å². The number of hydrogen-bond acceptors (Lipinski definition) is 5. The molecular weight excluding hydrogens is 312 g/mol. The van der Waals surface area contributed by atoms with Gasteiger partial charge in [0.2, 0.25) is 0 Å². The lowest BCUT2D eigenvalue weighted by atomic mass is 9.82. The molecule has 116 valence electrons. The molecule has 2 aromatic rings. The minimum absolute atomic E-state index is 0.0395. The second-order valence-electron chi connectivity index (χ2n) is 5.73. The Balaban J connectivity index is 1.89. The van der Waals surface area contributed by atoms with Crippen LogP contribution in [0, 0.1) is 0 Å². The molecule has 23 heavy (non-hydrogen) atoms. The van der Waals surface area contributed by atoms with Crippen molar-refractivity contribution in [1.29, 1.82) is 0 Å². The third kappa shape index (κ3) is 2.00. The van der Waals surface area contributed by atoms with Crippen LogP contribution in [-0.4, -0.2) is 34.8 Å². The number of rotatable bonds is 2. The zero-order valence-corrected chi connectivity index (χ0v) is 13.3. The first kappa shape index (κ1) is 14.3. The van der Waals surface area contributed by atoms with E-state index in [1.54, 1.807) is 42.1 Å². The lowest BCUT2D eigenvalue weighted by Gasteiger charge is -2.19. The fourth-order valence-electron chi connectivity index (χ4n) is 3.28. The molecule has 0 spiro atoms. The third-order valence-corrected chi connectivity index (χ3v) is 5.04. The van der Waals surface area contributed by atoms with Crippen LogP contribution in [0.15, 0.2) is 30.3 Å².